The van der Waals surface area contributed by atoms with Crippen LogP contribution < -0.4 is 5.32 Å². The number of rotatable bonds is 3. The summed E-state index contributed by atoms with van der Waals surface area (Å²) in [6.45, 7) is 0.917. The molecule has 1 amide bonds. The lowest BCUT2D eigenvalue weighted by atomic mass is 10.1. The van der Waals surface area contributed by atoms with Gasteiger partial charge in [0.15, 0.2) is 0 Å². The molecule has 2 rings (SSSR count). The smallest absolute Gasteiger partial charge is 0.263 e. The minimum absolute atomic E-state index is 0.280. The van der Waals surface area contributed by atoms with Gasteiger partial charge < -0.3 is 5.32 Å². The van der Waals surface area contributed by atoms with Crippen LogP contribution in [0.2, 0.25) is 0 Å². The summed E-state index contributed by atoms with van der Waals surface area (Å²) in [7, 11) is 0. The first-order chi connectivity index (χ1) is 8.70. The third-order valence-electron chi connectivity index (χ3n) is 3.02. The number of carbonyl (C=O) groups is 1. The molecule has 0 radical (unpaired) electrons. The highest BCUT2D eigenvalue weighted by atomic mass is 16.5. The highest BCUT2D eigenvalue weighted by molar-refractivity contribution is 5.81. The molecule has 5 nitrogen and oxygen atoms in total. The number of hydrogen-bond donors (Lipinski definition) is 2. The molecule has 1 aliphatic heterocycles. The van der Waals surface area contributed by atoms with Crippen molar-refractivity contribution < 1.29 is 10.0 Å². The molecule has 1 aromatic carbocycles. The predicted molar refractivity (Wildman–Crippen MR) is 64.5 cm³/mol. The van der Waals surface area contributed by atoms with Gasteiger partial charge in [-0.3, -0.25) is 10.0 Å². The summed E-state index contributed by atoms with van der Waals surface area (Å²) in [5, 5.41) is 22.0. The fraction of sp³-hybridized carbons (Fsp3) is 0.385. The Morgan fingerprint density at radius 2 is 2.39 bits per heavy atom. The molecule has 1 fully saturated rings. The van der Waals surface area contributed by atoms with Crippen molar-refractivity contribution in [2.24, 2.45) is 0 Å². The van der Waals surface area contributed by atoms with Crippen molar-refractivity contribution in [1.82, 2.24) is 10.4 Å². The van der Waals surface area contributed by atoms with Crippen molar-refractivity contribution in [3.63, 3.8) is 0 Å². The molecule has 0 bridgehead atoms. The SMILES string of the molecule is N#Cc1cccc(CN[C@H]2CCCN(O)C2=O)c1. The number of carbonyl (C=O) groups excluding carboxylic acids is 1. The van der Waals surface area contributed by atoms with E-state index in [0.29, 0.717) is 18.7 Å². The van der Waals surface area contributed by atoms with Gasteiger partial charge in [0.2, 0.25) is 0 Å². The Morgan fingerprint density at radius 3 is 3.17 bits per heavy atom. The lowest BCUT2D eigenvalue weighted by Crippen LogP contribution is -2.49. The van der Waals surface area contributed by atoms with Crippen LogP contribution in [0, 0.1) is 11.3 Å². The van der Waals surface area contributed by atoms with E-state index in [2.05, 4.69) is 11.4 Å². The number of amides is 1. The van der Waals surface area contributed by atoms with Gasteiger partial charge in [-0.2, -0.15) is 5.26 Å². The molecular formula is C13H15N3O2. The van der Waals surface area contributed by atoms with Crippen molar-refractivity contribution in [3.8, 4) is 6.07 Å². The van der Waals surface area contributed by atoms with Crippen LogP contribution in [0.5, 0.6) is 0 Å². The molecule has 1 saturated heterocycles. The van der Waals surface area contributed by atoms with Crippen LogP contribution in [0.1, 0.15) is 24.0 Å². The average Bonchev–Trinajstić information content (AvgIpc) is 2.41. The second-order valence-corrected chi connectivity index (χ2v) is 4.35. The van der Waals surface area contributed by atoms with Crippen molar-refractivity contribution in [3.05, 3.63) is 35.4 Å². The molecule has 0 aliphatic carbocycles. The zero-order chi connectivity index (χ0) is 13.0. The van der Waals surface area contributed by atoms with E-state index < -0.39 is 0 Å². The van der Waals surface area contributed by atoms with Crippen molar-refractivity contribution in [2.75, 3.05) is 6.54 Å². The van der Waals surface area contributed by atoms with E-state index in [1.165, 1.54) is 0 Å². The fourth-order valence-electron chi connectivity index (χ4n) is 2.04. The van der Waals surface area contributed by atoms with Gasteiger partial charge in [-0.15, -0.1) is 0 Å². The molecule has 1 aromatic rings. The van der Waals surface area contributed by atoms with Gasteiger partial charge in [0.1, 0.15) is 0 Å². The average molecular weight is 245 g/mol. The van der Waals surface area contributed by atoms with Crippen LogP contribution >= 0.6 is 0 Å². The zero-order valence-electron chi connectivity index (χ0n) is 9.97. The second-order valence-electron chi connectivity index (χ2n) is 4.35. The molecule has 1 heterocycles. The number of nitriles is 1. The van der Waals surface area contributed by atoms with Gasteiger partial charge in [-0.05, 0) is 30.5 Å². The molecule has 0 aromatic heterocycles. The molecule has 0 spiro atoms. The Bertz CT molecular complexity index is 481. The second kappa shape index (κ2) is 5.63. The molecule has 18 heavy (non-hydrogen) atoms. The van der Waals surface area contributed by atoms with E-state index in [0.717, 1.165) is 23.5 Å². The third kappa shape index (κ3) is 2.86. The van der Waals surface area contributed by atoms with E-state index in [-0.39, 0.29) is 11.9 Å². The van der Waals surface area contributed by atoms with Crippen LogP contribution in [0.15, 0.2) is 24.3 Å². The summed E-state index contributed by atoms with van der Waals surface area (Å²) in [4.78, 5) is 11.6. The fourth-order valence-corrected chi connectivity index (χ4v) is 2.04. The molecule has 5 heteroatoms. The van der Waals surface area contributed by atoms with Crippen LogP contribution in [0.3, 0.4) is 0 Å². The van der Waals surface area contributed by atoms with Crippen LogP contribution in [-0.4, -0.2) is 28.8 Å². The largest absolute Gasteiger partial charge is 0.302 e. The maximum Gasteiger partial charge on any atom is 0.263 e. The number of hydrogen-bond acceptors (Lipinski definition) is 4. The first kappa shape index (κ1) is 12.6. The Morgan fingerprint density at radius 1 is 1.56 bits per heavy atom. The minimum Gasteiger partial charge on any atom is -0.302 e. The molecule has 1 aliphatic rings. The molecule has 0 saturated carbocycles. The number of benzene rings is 1. The monoisotopic (exact) mass is 245 g/mol. The van der Waals surface area contributed by atoms with Gasteiger partial charge >= 0.3 is 0 Å². The zero-order valence-corrected chi connectivity index (χ0v) is 9.97. The number of piperidine rings is 1. The van der Waals surface area contributed by atoms with Crippen LogP contribution in [-0.2, 0) is 11.3 Å². The van der Waals surface area contributed by atoms with Gasteiger partial charge in [0.05, 0.1) is 17.7 Å². The highest BCUT2D eigenvalue weighted by Crippen LogP contribution is 2.11. The number of nitrogens with zero attached hydrogens (tertiary/aromatic N) is 2. The van der Waals surface area contributed by atoms with Gasteiger partial charge in [-0.1, -0.05) is 12.1 Å². The highest BCUT2D eigenvalue weighted by Gasteiger charge is 2.27. The van der Waals surface area contributed by atoms with Crippen molar-refractivity contribution in [2.45, 2.75) is 25.4 Å². The van der Waals surface area contributed by atoms with E-state index in [1.807, 2.05) is 12.1 Å². The Balaban J connectivity index is 1.95. The molecular weight excluding hydrogens is 230 g/mol. The summed E-state index contributed by atoms with van der Waals surface area (Å²) >= 11 is 0. The molecule has 1 atom stereocenters. The quantitative estimate of drug-likeness (QED) is 0.780. The summed E-state index contributed by atoms with van der Waals surface area (Å²) in [6.07, 6.45) is 1.52. The maximum atomic E-state index is 11.6. The van der Waals surface area contributed by atoms with E-state index in [1.54, 1.807) is 12.1 Å². The van der Waals surface area contributed by atoms with E-state index in [9.17, 15) is 10.0 Å². The standard InChI is InChI=1S/C13H15N3O2/c14-8-10-3-1-4-11(7-10)9-15-12-5-2-6-16(18)13(12)17/h1,3-4,7,12,15,18H,2,5-6,9H2/t12-/m0/s1. The Labute approximate surface area is 106 Å². The maximum absolute atomic E-state index is 11.6. The summed E-state index contributed by atoms with van der Waals surface area (Å²) in [5.41, 5.74) is 1.56. The molecule has 0 unspecified atom stereocenters. The third-order valence-corrected chi connectivity index (χ3v) is 3.02. The number of nitrogens with one attached hydrogen (secondary N) is 1. The van der Waals surface area contributed by atoms with Crippen LogP contribution in [0.25, 0.3) is 0 Å². The van der Waals surface area contributed by atoms with Gasteiger partial charge in [0.25, 0.3) is 5.91 Å². The Hall–Kier alpha value is -1.90. The van der Waals surface area contributed by atoms with Gasteiger partial charge in [-0.25, -0.2) is 5.06 Å². The molecule has 94 valence electrons. The molecule has 2 N–H and O–H groups in total. The first-order valence-corrected chi connectivity index (χ1v) is 5.93. The Kier molecular flexibility index (Phi) is 3.92. The van der Waals surface area contributed by atoms with Crippen molar-refractivity contribution >= 4 is 5.91 Å². The lowest BCUT2D eigenvalue weighted by molar-refractivity contribution is -0.172. The van der Waals surface area contributed by atoms with E-state index in [4.69, 9.17) is 5.26 Å². The number of hydroxylamine groups is 2. The predicted octanol–water partition coefficient (Wildman–Crippen LogP) is 1.03. The topological polar surface area (TPSA) is 76.4 Å². The van der Waals surface area contributed by atoms with E-state index >= 15 is 0 Å². The van der Waals surface area contributed by atoms with Crippen molar-refractivity contribution in [1.29, 1.82) is 5.26 Å². The lowest BCUT2D eigenvalue weighted by Gasteiger charge is -2.28. The van der Waals surface area contributed by atoms with Crippen LogP contribution in [0.4, 0.5) is 0 Å². The summed E-state index contributed by atoms with van der Waals surface area (Å²) in [5.74, 6) is -0.280. The minimum atomic E-state index is -0.338. The summed E-state index contributed by atoms with van der Waals surface area (Å²) < 4.78 is 0. The van der Waals surface area contributed by atoms with Gasteiger partial charge in [0, 0.05) is 13.1 Å². The first-order valence-electron chi connectivity index (χ1n) is 5.93. The normalized spacial score (nSPS) is 19.7. The summed E-state index contributed by atoms with van der Waals surface area (Å²) in [6, 6.07) is 8.99.